The molecule has 10 heavy (non-hydrogen) atoms. The number of nitrogens with two attached hydrogens (primary N) is 1. The molecule has 0 aliphatic rings. The fraction of sp³-hybridized carbons (Fsp3) is 0.333. The average Bonchev–Trinajstić information content (AvgIpc) is 1.88. The molecule has 0 saturated carbocycles. The van der Waals surface area contributed by atoms with E-state index in [1.54, 1.807) is 12.2 Å². The number of allylic oxidation sites excluding steroid dienone is 1. The van der Waals surface area contributed by atoms with Crippen LogP contribution in [0.15, 0.2) is 17.3 Å². The first-order valence-electron chi connectivity index (χ1n) is 2.85. The van der Waals surface area contributed by atoms with E-state index < -0.39 is 0 Å². The van der Waals surface area contributed by atoms with Gasteiger partial charge in [0.05, 0.1) is 0 Å². The van der Waals surface area contributed by atoms with Gasteiger partial charge in [0.25, 0.3) is 0 Å². The minimum atomic E-state index is 0.317. The van der Waals surface area contributed by atoms with E-state index in [1.165, 1.54) is 7.05 Å². The standard InChI is InChI=1S/C6H11N3O/c1-3-4-6(7)8-9(2)5-10/h3-5H,1-2H3,(H2,7,8)/b4-3-. The van der Waals surface area contributed by atoms with Crippen molar-refractivity contribution >= 4 is 12.2 Å². The van der Waals surface area contributed by atoms with E-state index >= 15 is 0 Å². The van der Waals surface area contributed by atoms with Gasteiger partial charge in [-0.05, 0) is 13.0 Å². The van der Waals surface area contributed by atoms with Crippen LogP contribution in [0.25, 0.3) is 0 Å². The van der Waals surface area contributed by atoms with E-state index in [4.69, 9.17) is 5.73 Å². The lowest BCUT2D eigenvalue weighted by Gasteiger charge is -2.00. The van der Waals surface area contributed by atoms with Gasteiger partial charge in [-0.2, -0.15) is 5.10 Å². The summed E-state index contributed by atoms with van der Waals surface area (Å²) in [5.41, 5.74) is 5.32. The Morgan fingerprint density at radius 3 is 2.70 bits per heavy atom. The molecule has 56 valence electrons. The molecule has 0 spiro atoms. The molecule has 0 rings (SSSR count). The zero-order chi connectivity index (χ0) is 7.98. The molecule has 0 bridgehead atoms. The third-order valence-electron chi connectivity index (χ3n) is 0.763. The van der Waals surface area contributed by atoms with E-state index in [0.717, 1.165) is 5.01 Å². The highest BCUT2D eigenvalue weighted by Crippen LogP contribution is 1.78. The molecule has 0 aliphatic heterocycles. The van der Waals surface area contributed by atoms with Crippen molar-refractivity contribution in [2.45, 2.75) is 6.92 Å². The Kier molecular flexibility index (Phi) is 3.95. The molecule has 0 saturated heterocycles. The van der Waals surface area contributed by atoms with Crippen molar-refractivity contribution in [3.63, 3.8) is 0 Å². The van der Waals surface area contributed by atoms with E-state index in [-0.39, 0.29) is 0 Å². The van der Waals surface area contributed by atoms with Crippen molar-refractivity contribution < 1.29 is 4.79 Å². The second kappa shape index (κ2) is 4.55. The maximum atomic E-state index is 9.98. The average molecular weight is 141 g/mol. The third kappa shape index (κ3) is 3.65. The summed E-state index contributed by atoms with van der Waals surface area (Å²) in [4.78, 5) is 9.98. The lowest BCUT2D eigenvalue weighted by molar-refractivity contribution is -0.117. The molecule has 0 unspecified atom stereocenters. The quantitative estimate of drug-likeness (QED) is 0.259. The van der Waals surface area contributed by atoms with Crippen molar-refractivity contribution in [2.75, 3.05) is 7.05 Å². The maximum absolute atomic E-state index is 9.98. The highest BCUT2D eigenvalue weighted by Gasteiger charge is 1.86. The first-order chi connectivity index (χ1) is 4.70. The molecule has 0 fully saturated rings. The van der Waals surface area contributed by atoms with Crippen LogP contribution in [0.5, 0.6) is 0 Å². The molecule has 0 aromatic heterocycles. The SMILES string of the molecule is C/C=C\C(N)=N/N(C)C=O. The summed E-state index contributed by atoms with van der Waals surface area (Å²) in [5.74, 6) is 0.317. The van der Waals surface area contributed by atoms with Gasteiger partial charge in [0.2, 0.25) is 6.41 Å². The van der Waals surface area contributed by atoms with E-state index in [1.807, 2.05) is 6.92 Å². The highest BCUT2D eigenvalue weighted by molar-refractivity contribution is 5.91. The molecular weight excluding hydrogens is 130 g/mol. The van der Waals surface area contributed by atoms with Crippen molar-refractivity contribution in [2.24, 2.45) is 10.8 Å². The molecule has 0 radical (unpaired) electrons. The molecule has 4 nitrogen and oxygen atoms in total. The molecule has 1 amide bonds. The number of hydrogen-bond donors (Lipinski definition) is 1. The lowest BCUT2D eigenvalue weighted by atomic mass is 10.5. The topological polar surface area (TPSA) is 58.7 Å². The number of hydrogen-bond acceptors (Lipinski definition) is 2. The Labute approximate surface area is 60.0 Å². The van der Waals surface area contributed by atoms with Crippen LogP contribution in [0.3, 0.4) is 0 Å². The van der Waals surface area contributed by atoms with E-state index in [0.29, 0.717) is 12.2 Å². The minimum absolute atomic E-state index is 0.317. The van der Waals surface area contributed by atoms with Gasteiger partial charge in [0.15, 0.2) is 0 Å². The minimum Gasteiger partial charge on any atom is -0.382 e. The van der Waals surface area contributed by atoms with Gasteiger partial charge in [-0.1, -0.05) is 6.08 Å². The van der Waals surface area contributed by atoms with Crippen molar-refractivity contribution in [3.8, 4) is 0 Å². The Bertz CT molecular complexity index is 162. The summed E-state index contributed by atoms with van der Waals surface area (Å²) >= 11 is 0. The van der Waals surface area contributed by atoms with E-state index in [2.05, 4.69) is 5.10 Å². The second-order valence-corrected chi connectivity index (χ2v) is 1.70. The van der Waals surface area contributed by atoms with Gasteiger partial charge >= 0.3 is 0 Å². The molecular formula is C6H11N3O. The molecule has 0 aliphatic carbocycles. The molecule has 0 aromatic carbocycles. The van der Waals surface area contributed by atoms with Crippen LogP contribution in [0.2, 0.25) is 0 Å². The van der Waals surface area contributed by atoms with Gasteiger partial charge in [-0.15, -0.1) is 0 Å². The summed E-state index contributed by atoms with van der Waals surface area (Å²) in [7, 11) is 1.52. The second-order valence-electron chi connectivity index (χ2n) is 1.70. The molecule has 2 N–H and O–H groups in total. The number of nitrogens with zero attached hydrogens (tertiary/aromatic N) is 2. The van der Waals surface area contributed by atoms with Gasteiger partial charge in [-0.25, -0.2) is 5.01 Å². The van der Waals surface area contributed by atoms with Crippen LogP contribution in [-0.4, -0.2) is 24.3 Å². The zero-order valence-electron chi connectivity index (χ0n) is 6.11. The fourth-order valence-electron chi connectivity index (χ4n) is 0.410. The molecule has 0 heterocycles. The number of carbonyl (C=O) groups is 1. The molecule has 4 heteroatoms. The lowest BCUT2D eigenvalue weighted by Crippen LogP contribution is -2.16. The van der Waals surface area contributed by atoms with Crippen molar-refractivity contribution in [3.05, 3.63) is 12.2 Å². The Morgan fingerprint density at radius 2 is 2.30 bits per heavy atom. The van der Waals surface area contributed by atoms with Crippen molar-refractivity contribution in [1.29, 1.82) is 0 Å². The number of amides is 1. The Balaban J connectivity index is 4.01. The number of rotatable bonds is 3. The summed E-state index contributed by atoms with van der Waals surface area (Å²) in [5, 5.41) is 4.76. The summed E-state index contributed by atoms with van der Waals surface area (Å²) in [6, 6.07) is 0. The van der Waals surface area contributed by atoms with Crippen LogP contribution in [0.1, 0.15) is 6.92 Å². The molecule has 0 atom stereocenters. The van der Waals surface area contributed by atoms with Gasteiger partial charge in [0, 0.05) is 7.05 Å². The summed E-state index contributed by atoms with van der Waals surface area (Å²) in [6.07, 6.45) is 3.94. The first-order valence-corrected chi connectivity index (χ1v) is 2.85. The third-order valence-corrected chi connectivity index (χ3v) is 0.763. The van der Waals surface area contributed by atoms with E-state index in [9.17, 15) is 4.79 Å². The van der Waals surface area contributed by atoms with Gasteiger partial charge < -0.3 is 5.73 Å². The van der Waals surface area contributed by atoms with Crippen LogP contribution in [0, 0.1) is 0 Å². The van der Waals surface area contributed by atoms with Crippen LogP contribution in [-0.2, 0) is 4.79 Å². The van der Waals surface area contributed by atoms with Gasteiger partial charge in [0.1, 0.15) is 5.84 Å². The highest BCUT2D eigenvalue weighted by atomic mass is 16.1. The largest absolute Gasteiger partial charge is 0.382 e. The van der Waals surface area contributed by atoms with Crippen LogP contribution >= 0.6 is 0 Å². The van der Waals surface area contributed by atoms with Gasteiger partial charge in [-0.3, -0.25) is 4.79 Å². The normalized spacial score (nSPS) is 12.0. The van der Waals surface area contributed by atoms with Crippen molar-refractivity contribution in [1.82, 2.24) is 5.01 Å². The summed E-state index contributed by atoms with van der Waals surface area (Å²) in [6.45, 7) is 1.82. The number of amidine groups is 1. The molecule has 0 aromatic rings. The smallest absolute Gasteiger partial charge is 0.229 e. The first kappa shape index (κ1) is 8.68. The predicted octanol–water partition coefficient (Wildman–Crippen LogP) is -0.0771. The van der Waals surface area contributed by atoms with Crippen LogP contribution in [0.4, 0.5) is 0 Å². The maximum Gasteiger partial charge on any atom is 0.229 e. The Hall–Kier alpha value is -1.32. The number of carbonyl (C=O) groups excluding carboxylic acids is 1. The summed E-state index contributed by atoms with van der Waals surface area (Å²) < 4.78 is 0. The monoisotopic (exact) mass is 141 g/mol. The fourth-order valence-corrected chi connectivity index (χ4v) is 0.410. The Morgan fingerprint density at radius 1 is 1.70 bits per heavy atom. The van der Waals surface area contributed by atoms with Crippen LogP contribution < -0.4 is 5.73 Å². The zero-order valence-corrected chi connectivity index (χ0v) is 6.11. The number of hydrazone groups is 1. The predicted molar refractivity (Wildman–Crippen MR) is 40.3 cm³/mol.